The minimum Gasteiger partial charge on any atom is -0.497 e. The largest absolute Gasteiger partial charge is 0.497 e. The van der Waals surface area contributed by atoms with Gasteiger partial charge in [-0.05, 0) is 24.3 Å². The third kappa shape index (κ3) is 3.69. The van der Waals surface area contributed by atoms with Crippen molar-refractivity contribution in [3.8, 4) is 11.5 Å². The summed E-state index contributed by atoms with van der Waals surface area (Å²) >= 11 is 0. The van der Waals surface area contributed by atoms with Gasteiger partial charge < -0.3 is 25.8 Å². The fraction of sp³-hybridized carbons (Fsp3) is 0.118. The van der Waals surface area contributed by atoms with Crippen LogP contribution in [0.3, 0.4) is 0 Å². The van der Waals surface area contributed by atoms with E-state index in [1.807, 2.05) is 24.3 Å². The Hall–Kier alpha value is -3.55. The summed E-state index contributed by atoms with van der Waals surface area (Å²) in [5, 5.41) is 6.30. The number of nitrogens with two attached hydrogens (primary N) is 1. The van der Waals surface area contributed by atoms with Crippen LogP contribution >= 0.6 is 0 Å². The van der Waals surface area contributed by atoms with E-state index in [9.17, 15) is 0 Å². The monoisotopic (exact) mass is 338 g/mol. The lowest BCUT2D eigenvalue weighted by molar-refractivity contribution is 0.395. The number of nitrogens with zero attached hydrogens (tertiary/aromatic N) is 3. The number of nitrogen functional groups attached to an aromatic ring is 1. The van der Waals surface area contributed by atoms with Crippen LogP contribution in [0.25, 0.3) is 0 Å². The maximum atomic E-state index is 6.20. The molecule has 0 saturated heterocycles. The maximum Gasteiger partial charge on any atom is 0.159 e. The van der Waals surface area contributed by atoms with Crippen molar-refractivity contribution in [2.75, 3.05) is 30.6 Å². The van der Waals surface area contributed by atoms with Gasteiger partial charge in [-0.3, -0.25) is 4.98 Å². The molecular weight excluding hydrogens is 320 g/mol. The van der Waals surface area contributed by atoms with Crippen LogP contribution in [-0.4, -0.2) is 29.2 Å². The van der Waals surface area contributed by atoms with Gasteiger partial charge in [0, 0.05) is 24.1 Å². The van der Waals surface area contributed by atoms with E-state index < -0.39 is 0 Å². The van der Waals surface area contributed by atoms with E-state index in [-0.39, 0.29) is 0 Å². The molecule has 0 fully saturated rings. The lowest BCUT2D eigenvalue weighted by Gasteiger charge is -2.15. The minimum absolute atomic E-state index is 0.386. The van der Waals surface area contributed by atoms with Crippen molar-refractivity contribution in [2.24, 2.45) is 0 Å². The second-order valence-electron chi connectivity index (χ2n) is 5.04. The summed E-state index contributed by atoms with van der Waals surface area (Å²) in [6.07, 6.45) is 4.79. The first-order valence-corrected chi connectivity index (χ1v) is 7.48. The van der Waals surface area contributed by atoms with Crippen molar-refractivity contribution < 1.29 is 9.47 Å². The van der Waals surface area contributed by atoms with Gasteiger partial charge >= 0.3 is 0 Å². The first kappa shape index (κ1) is 16.3. The molecular formula is C17H18N6O2. The number of ether oxygens (including phenoxy) is 2. The molecule has 0 aliphatic carbocycles. The van der Waals surface area contributed by atoms with Gasteiger partial charge in [0.1, 0.15) is 23.5 Å². The van der Waals surface area contributed by atoms with Gasteiger partial charge in [0.15, 0.2) is 11.6 Å². The number of nitrogens with one attached hydrogen (secondary N) is 2. The van der Waals surface area contributed by atoms with Gasteiger partial charge in [-0.2, -0.15) is 0 Å². The summed E-state index contributed by atoms with van der Waals surface area (Å²) in [5.74, 6) is 2.27. The number of rotatable bonds is 6. The molecule has 128 valence electrons. The van der Waals surface area contributed by atoms with E-state index >= 15 is 0 Å². The van der Waals surface area contributed by atoms with Crippen LogP contribution in [0.15, 0.2) is 49.1 Å². The van der Waals surface area contributed by atoms with Gasteiger partial charge in [0.25, 0.3) is 0 Å². The zero-order valence-electron chi connectivity index (χ0n) is 13.9. The third-order valence-electron chi connectivity index (χ3n) is 3.49. The molecule has 0 spiro atoms. The molecule has 0 aliphatic rings. The van der Waals surface area contributed by atoms with Crippen LogP contribution in [-0.2, 0) is 0 Å². The van der Waals surface area contributed by atoms with Gasteiger partial charge in [-0.25, -0.2) is 9.97 Å². The molecule has 0 atom stereocenters. The van der Waals surface area contributed by atoms with Crippen LogP contribution in [0.2, 0.25) is 0 Å². The highest BCUT2D eigenvalue weighted by atomic mass is 16.5. The molecule has 1 aromatic carbocycles. The molecule has 3 aromatic rings. The minimum atomic E-state index is 0.386. The number of aromatic nitrogens is 3. The van der Waals surface area contributed by atoms with Gasteiger partial charge in [-0.1, -0.05) is 0 Å². The Kier molecular flexibility index (Phi) is 4.79. The Labute approximate surface area is 145 Å². The highest BCUT2D eigenvalue weighted by molar-refractivity contribution is 5.81. The number of methoxy groups -OCH3 is 2. The average Bonchev–Trinajstić information content (AvgIpc) is 2.66. The van der Waals surface area contributed by atoms with E-state index in [4.69, 9.17) is 15.2 Å². The summed E-state index contributed by atoms with van der Waals surface area (Å²) in [6.45, 7) is 0. The van der Waals surface area contributed by atoms with Gasteiger partial charge in [0.2, 0.25) is 0 Å². The second-order valence-corrected chi connectivity index (χ2v) is 5.04. The Balaban J connectivity index is 1.87. The Morgan fingerprint density at radius 2 is 1.64 bits per heavy atom. The van der Waals surface area contributed by atoms with E-state index in [0.717, 1.165) is 5.69 Å². The maximum absolute atomic E-state index is 6.20. The highest BCUT2D eigenvalue weighted by Crippen LogP contribution is 2.34. The number of anilines is 5. The molecule has 8 nitrogen and oxygen atoms in total. The van der Waals surface area contributed by atoms with Crippen LogP contribution < -0.4 is 25.8 Å². The second kappa shape index (κ2) is 7.35. The molecule has 2 aromatic heterocycles. The molecule has 0 amide bonds. The van der Waals surface area contributed by atoms with E-state index in [1.54, 1.807) is 32.7 Å². The Morgan fingerprint density at radius 3 is 2.32 bits per heavy atom. The zero-order valence-corrected chi connectivity index (χ0v) is 13.9. The van der Waals surface area contributed by atoms with Gasteiger partial charge in [0.05, 0.1) is 19.9 Å². The van der Waals surface area contributed by atoms with Crippen molar-refractivity contribution in [3.05, 3.63) is 49.1 Å². The lowest BCUT2D eigenvalue weighted by Crippen LogP contribution is -2.06. The van der Waals surface area contributed by atoms with Crippen LogP contribution in [0.5, 0.6) is 11.5 Å². The van der Waals surface area contributed by atoms with E-state index in [0.29, 0.717) is 34.5 Å². The van der Waals surface area contributed by atoms with Crippen molar-refractivity contribution in [1.29, 1.82) is 0 Å². The average molecular weight is 338 g/mol. The molecule has 0 radical (unpaired) electrons. The Bertz CT molecular complexity index is 857. The zero-order chi connectivity index (χ0) is 17.6. The van der Waals surface area contributed by atoms with E-state index in [2.05, 4.69) is 25.6 Å². The number of pyridine rings is 1. The summed E-state index contributed by atoms with van der Waals surface area (Å²) in [6, 6.07) is 9.06. The molecule has 0 saturated carbocycles. The molecule has 3 rings (SSSR count). The highest BCUT2D eigenvalue weighted by Gasteiger charge is 2.12. The molecule has 8 heteroatoms. The van der Waals surface area contributed by atoms with Crippen molar-refractivity contribution >= 4 is 28.7 Å². The summed E-state index contributed by atoms with van der Waals surface area (Å²) in [5.41, 5.74) is 8.12. The quantitative estimate of drug-likeness (QED) is 0.630. The fourth-order valence-corrected chi connectivity index (χ4v) is 2.20. The SMILES string of the molecule is COc1ccc(Nc2ncnc(Nc3ccncc3)c2N)c(OC)c1. The molecule has 0 aliphatic heterocycles. The number of benzene rings is 1. The topological polar surface area (TPSA) is 107 Å². The lowest BCUT2D eigenvalue weighted by atomic mass is 10.2. The van der Waals surface area contributed by atoms with Crippen LogP contribution in [0.4, 0.5) is 28.7 Å². The standard InChI is InChI=1S/C17H18N6O2/c1-24-12-3-4-13(14(9-12)25-2)23-17-15(18)16(20-10-21-17)22-11-5-7-19-8-6-11/h3-10H,18H2,1-2H3,(H2,19,20,21,22,23). The molecule has 25 heavy (non-hydrogen) atoms. The Morgan fingerprint density at radius 1 is 0.920 bits per heavy atom. The normalized spacial score (nSPS) is 10.2. The first-order chi connectivity index (χ1) is 12.2. The van der Waals surface area contributed by atoms with Crippen molar-refractivity contribution in [2.45, 2.75) is 0 Å². The predicted octanol–water partition coefficient (Wildman–Crippen LogP) is 2.96. The smallest absolute Gasteiger partial charge is 0.159 e. The van der Waals surface area contributed by atoms with Crippen molar-refractivity contribution in [1.82, 2.24) is 15.0 Å². The summed E-state index contributed by atoms with van der Waals surface area (Å²) in [7, 11) is 3.18. The first-order valence-electron chi connectivity index (χ1n) is 7.48. The number of hydrogen-bond donors (Lipinski definition) is 3. The molecule has 4 N–H and O–H groups in total. The summed E-state index contributed by atoms with van der Waals surface area (Å²) in [4.78, 5) is 12.4. The number of hydrogen-bond acceptors (Lipinski definition) is 8. The van der Waals surface area contributed by atoms with E-state index in [1.165, 1.54) is 6.33 Å². The predicted molar refractivity (Wildman–Crippen MR) is 96.8 cm³/mol. The fourth-order valence-electron chi connectivity index (χ4n) is 2.20. The molecule has 2 heterocycles. The van der Waals surface area contributed by atoms with Crippen LogP contribution in [0, 0.1) is 0 Å². The molecule has 0 bridgehead atoms. The van der Waals surface area contributed by atoms with Crippen LogP contribution in [0.1, 0.15) is 0 Å². The molecule has 0 unspecified atom stereocenters. The third-order valence-corrected chi connectivity index (χ3v) is 3.49. The summed E-state index contributed by atoms with van der Waals surface area (Å²) < 4.78 is 10.6. The van der Waals surface area contributed by atoms with Gasteiger partial charge in [-0.15, -0.1) is 0 Å². The van der Waals surface area contributed by atoms with Crippen molar-refractivity contribution in [3.63, 3.8) is 0 Å².